The molecule has 0 unspecified atom stereocenters. The fourth-order valence-electron chi connectivity index (χ4n) is 5.61. The third kappa shape index (κ3) is 8.09. The zero-order valence-electron chi connectivity index (χ0n) is 24.9. The Labute approximate surface area is 248 Å². The molecule has 0 bridgehead atoms. The summed E-state index contributed by atoms with van der Waals surface area (Å²) in [7, 11) is 3.29. The quantitative estimate of drug-likeness (QED) is 0.544. The molecular formula is C32H43N5O5. The van der Waals surface area contributed by atoms with Crippen LogP contribution in [-0.2, 0) is 20.8 Å². The lowest BCUT2D eigenvalue weighted by molar-refractivity contribution is -0.140. The van der Waals surface area contributed by atoms with E-state index in [9.17, 15) is 19.2 Å². The Hall–Kier alpha value is -3.92. The lowest BCUT2D eigenvalue weighted by Gasteiger charge is -2.30. The summed E-state index contributed by atoms with van der Waals surface area (Å²) in [6.45, 7) is 4.55. The molecule has 1 saturated heterocycles. The lowest BCUT2D eigenvalue weighted by atomic mass is 10.1. The number of likely N-dealkylation sites (tertiary alicyclic amines) is 1. The topological polar surface area (TPSA) is 111 Å². The van der Waals surface area contributed by atoms with Crippen molar-refractivity contribution in [2.24, 2.45) is 0 Å². The number of rotatable bonds is 6. The molecule has 1 fully saturated rings. The second kappa shape index (κ2) is 14.8. The number of benzene rings is 2. The van der Waals surface area contributed by atoms with E-state index in [-0.39, 0.29) is 61.4 Å². The van der Waals surface area contributed by atoms with E-state index in [2.05, 4.69) is 22.5 Å². The van der Waals surface area contributed by atoms with Crippen LogP contribution in [0.5, 0.6) is 5.75 Å². The van der Waals surface area contributed by atoms with Gasteiger partial charge in [0.15, 0.2) is 0 Å². The molecule has 226 valence electrons. The molecule has 0 radical (unpaired) electrons. The molecule has 2 heterocycles. The number of nitrogens with zero attached hydrogens (tertiary/aromatic N) is 3. The summed E-state index contributed by atoms with van der Waals surface area (Å²) in [6, 6.07) is 15.7. The van der Waals surface area contributed by atoms with Gasteiger partial charge in [0.1, 0.15) is 18.4 Å². The number of ether oxygens (including phenoxy) is 1. The lowest BCUT2D eigenvalue weighted by Crippen LogP contribution is -2.50. The molecule has 2 aliphatic heterocycles. The van der Waals surface area contributed by atoms with E-state index in [1.807, 2.05) is 30.3 Å². The van der Waals surface area contributed by atoms with Crippen LogP contribution >= 0.6 is 0 Å². The first-order valence-electron chi connectivity index (χ1n) is 14.8. The van der Waals surface area contributed by atoms with Crippen LogP contribution < -0.4 is 15.4 Å². The van der Waals surface area contributed by atoms with Gasteiger partial charge < -0.3 is 25.2 Å². The van der Waals surface area contributed by atoms with Gasteiger partial charge in [-0.05, 0) is 56.5 Å². The molecule has 10 heteroatoms. The molecule has 2 aliphatic rings. The monoisotopic (exact) mass is 577 g/mol. The van der Waals surface area contributed by atoms with Crippen molar-refractivity contribution in [1.29, 1.82) is 0 Å². The van der Waals surface area contributed by atoms with Crippen molar-refractivity contribution < 1.29 is 23.9 Å². The van der Waals surface area contributed by atoms with Gasteiger partial charge in [-0.3, -0.25) is 24.1 Å². The van der Waals surface area contributed by atoms with Crippen molar-refractivity contribution in [3.05, 3.63) is 65.7 Å². The highest BCUT2D eigenvalue weighted by Crippen LogP contribution is 2.21. The Bertz CT molecular complexity index is 1240. The van der Waals surface area contributed by atoms with Gasteiger partial charge in [-0.15, -0.1) is 0 Å². The number of likely N-dealkylation sites (N-methyl/N-ethyl adjacent to an activating group) is 3. The molecular weight excluding hydrogens is 534 g/mol. The Morgan fingerprint density at radius 3 is 2.48 bits per heavy atom. The highest BCUT2D eigenvalue weighted by atomic mass is 16.5. The largest absolute Gasteiger partial charge is 0.491 e. The van der Waals surface area contributed by atoms with Crippen LogP contribution in [0.1, 0.15) is 48.5 Å². The van der Waals surface area contributed by atoms with Gasteiger partial charge in [-0.1, -0.05) is 49.4 Å². The zero-order valence-corrected chi connectivity index (χ0v) is 24.9. The highest BCUT2D eigenvalue weighted by Gasteiger charge is 2.29. The van der Waals surface area contributed by atoms with Crippen LogP contribution in [0.2, 0.25) is 0 Å². The van der Waals surface area contributed by atoms with E-state index >= 15 is 0 Å². The fraction of sp³-hybridized carbons (Fsp3) is 0.500. The van der Waals surface area contributed by atoms with Crippen LogP contribution in [0.15, 0.2) is 54.6 Å². The molecule has 2 aromatic rings. The van der Waals surface area contributed by atoms with Crippen molar-refractivity contribution in [1.82, 2.24) is 25.3 Å². The Morgan fingerprint density at radius 1 is 0.976 bits per heavy atom. The predicted octanol–water partition coefficient (Wildman–Crippen LogP) is 2.09. The number of nitrogens with one attached hydrogen (secondary N) is 2. The summed E-state index contributed by atoms with van der Waals surface area (Å²) in [5.41, 5.74) is 1.32. The predicted molar refractivity (Wildman–Crippen MR) is 160 cm³/mol. The van der Waals surface area contributed by atoms with Crippen LogP contribution in [0.4, 0.5) is 0 Å². The second-order valence-electron chi connectivity index (χ2n) is 11.1. The van der Waals surface area contributed by atoms with Crippen LogP contribution in [0.25, 0.3) is 0 Å². The van der Waals surface area contributed by atoms with Crippen LogP contribution in [0, 0.1) is 0 Å². The summed E-state index contributed by atoms with van der Waals surface area (Å²) < 4.78 is 6.18. The number of fused-ring (bicyclic) bond motifs is 1. The Kier molecular flexibility index (Phi) is 10.9. The molecule has 2 N–H and O–H groups in total. The smallest absolute Gasteiger partial charge is 0.255 e. The van der Waals surface area contributed by atoms with Crippen molar-refractivity contribution in [3.63, 3.8) is 0 Å². The van der Waals surface area contributed by atoms with Gasteiger partial charge in [-0.25, -0.2) is 0 Å². The molecule has 0 spiro atoms. The summed E-state index contributed by atoms with van der Waals surface area (Å²) in [6.07, 6.45) is 2.74. The minimum Gasteiger partial charge on any atom is -0.491 e. The summed E-state index contributed by atoms with van der Waals surface area (Å²) in [5, 5.41) is 5.86. The number of carbonyl (C=O) groups is 4. The van der Waals surface area contributed by atoms with Crippen molar-refractivity contribution >= 4 is 23.6 Å². The fourth-order valence-corrected chi connectivity index (χ4v) is 5.61. The standard InChI is InChI=1S/C32H43N5O5/c1-4-37-18-10-13-24(37)20-33-32(41)27-16-17-29(38)35(2)21-30(39)36(3)25(19-23-11-6-5-7-12-23)22-42-28-15-9-8-14-26(28)31(40)34-27/h5-9,11-12,14-15,24-25,27H,4,10,13,16-22H2,1-3H3,(H,33,41)(H,34,40)/t24-,25+,27-/m0/s1. The molecule has 4 rings (SSSR count). The minimum atomic E-state index is -0.922. The van der Waals surface area contributed by atoms with E-state index in [1.165, 1.54) is 4.90 Å². The van der Waals surface area contributed by atoms with Crippen molar-refractivity contribution in [2.75, 3.05) is 46.9 Å². The number of hydrogen-bond donors (Lipinski definition) is 2. The minimum absolute atomic E-state index is 0.00195. The normalized spacial score (nSPS) is 22.9. The maximum Gasteiger partial charge on any atom is 0.255 e. The van der Waals surface area contributed by atoms with E-state index in [0.717, 1.165) is 31.5 Å². The third-order valence-electron chi connectivity index (χ3n) is 8.30. The van der Waals surface area contributed by atoms with E-state index in [1.54, 1.807) is 43.3 Å². The number of para-hydroxylation sites is 1. The van der Waals surface area contributed by atoms with Crippen molar-refractivity contribution in [2.45, 2.75) is 57.2 Å². The van der Waals surface area contributed by atoms with Gasteiger partial charge >= 0.3 is 0 Å². The summed E-state index contributed by atoms with van der Waals surface area (Å²) >= 11 is 0. The van der Waals surface area contributed by atoms with Crippen LogP contribution in [-0.4, -0.2) is 103 Å². The molecule has 42 heavy (non-hydrogen) atoms. The van der Waals surface area contributed by atoms with E-state index in [0.29, 0.717) is 18.7 Å². The van der Waals surface area contributed by atoms with Crippen molar-refractivity contribution in [3.8, 4) is 5.75 Å². The van der Waals surface area contributed by atoms with Gasteiger partial charge in [0.05, 0.1) is 18.2 Å². The first-order valence-corrected chi connectivity index (χ1v) is 14.8. The maximum atomic E-state index is 13.5. The first-order chi connectivity index (χ1) is 20.3. The number of amides is 4. The van der Waals surface area contributed by atoms with Gasteiger partial charge in [0.2, 0.25) is 17.7 Å². The Balaban J connectivity index is 1.56. The molecule has 0 saturated carbocycles. The molecule has 10 nitrogen and oxygen atoms in total. The highest BCUT2D eigenvalue weighted by molar-refractivity contribution is 5.99. The average molecular weight is 578 g/mol. The first kappa shape index (κ1) is 31.0. The summed E-state index contributed by atoms with van der Waals surface area (Å²) in [4.78, 5) is 58.5. The molecule has 0 aromatic heterocycles. The van der Waals surface area contributed by atoms with Gasteiger partial charge in [0, 0.05) is 33.1 Å². The number of carbonyl (C=O) groups excluding carboxylic acids is 4. The zero-order chi connectivity index (χ0) is 30.1. The van der Waals surface area contributed by atoms with E-state index < -0.39 is 11.9 Å². The maximum absolute atomic E-state index is 13.5. The summed E-state index contributed by atoms with van der Waals surface area (Å²) in [5.74, 6) is -0.924. The Morgan fingerprint density at radius 2 is 1.71 bits per heavy atom. The molecule has 4 amide bonds. The average Bonchev–Trinajstić information content (AvgIpc) is 3.47. The van der Waals surface area contributed by atoms with Gasteiger partial charge in [-0.2, -0.15) is 0 Å². The molecule has 3 atom stereocenters. The second-order valence-corrected chi connectivity index (χ2v) is 11.1. The van der Waals surface area contributed by atoms with E-state index in [4.69, 9.17) is 4.74 Å². The number of hydrogen-bond acceptors (Lipinski definition) is 6. The molecule has 0 aliphatic carbocycles. The third-order valence-corrected chi connectivity index (χ3v) is 8.30. The molecule has 2 aromatic carbocycles. The SMILES string of the molecule is CCN1CCC[C@H]1CNC(=O)[C@@H]1CCC(=O)N(C)CC(=O)N(C)[C@H](Cc2ccccc2)COc2ccccc2C(=O)N1. The van der Waals surface area contributed by atoms with Crippen LogP contribution in [0.3, 0.4) is 0 Å². The van der Waals surface area contributed by atoms with Gasteiger partial charge in [0.25, 0.3) is 5.91 Å².